The molecule has 25 heteroatoms. The third-order valence-corrected chi connectivity index (χ3v) is 9.73. The standard InChI is InChI=1S/C38H53N13O12/c1-39-38-46-34-33(36(61)47-38)44-26(19-43-34)18-42-25-4-2-24(3-5-25)35(60)45-27(37(62)63)6-7-28(52)40-8-9-41-29(53)20-48-10-12-49(21-30(54)55)14-16-51(23-32(58)59)17-15-50(13-11-48)22-31(56)57/h2-5,19,27,42H,6-18,20-23H2,1H3,(H,40,52)(H,41,53)(H,45,60)(H,54,55)(H,56,57)(H,58,59)(H,62,63)(H2,39,43,46,47,61). The number of hydrogen-bond donors (Lipinski definition) is 10. The number of nitrogens with one attached hydrogen (secondary N) is 6. The van der Waals surface area contributed by atoms with E-state index >= 15 is 0 Å². The van der Waals surface area contributed by atoms with E-state index in [0.717, 1.165) is 0 Å². The van der Waals surface area contributed by atoms with Crippen molar-refractivity contribution in [3.63, 3.8) is 0 Å². The maximum Gasteiger partial charge on any atom is 0.326 e. The lowest BCUT2D eigenvalue weighted by atomic mass is 10.1. The van der Waals surface area contributed by atoms with E-state index in [-0.39, 0.29) is 134 Å². The first-order chi connectivity index (χ1) is 30.1. The van der Waals surface area contributed by atoms with E-state index in [1.165, 1.54) is 18.3 Å². The summed E-state index contributed by atoms with van der Waals surface area (Å²) in [4.78, 5) is 119. The van der Waals surface area contributed by atoms with Gasteiger partial charge in [-0.05, 0) is 30.7 Å². The Labute approximate surface area is 360 Å². The molecule has 1 fully saturated rings. The van der Waals surface area contributed by atoms with Gasteiger partial charge in [0.25, 0.3) is 11.5 Å². The van der Waals surface area contributed by atoms with Crippen LogP contribution in [0.25, 0.3) is 11.2 Å². The first-order valence-electron chi connectivity index (χ1n) is 20.0. The molecule has 0 saturated carbocycles. The minimum absolute atomic E-state index is 0.0150. The van der Waals surface area contributed by atoms with Crippen LogP contribution in [0.5, 0.6) is 0 Å². The number of hydrogen-bond acceptors (Lipinski definition) is 17. The molecule has 3 heterocycles. The van der Waals surface area contributed by atoms with E-state index in [1.807, 2.05) is 0 Å². The molecule has 25 nitrogen and oxygen atoms in total. The van der Waals surface area contributed by atoms with Crippen LogP contribution in [-0.4, -0.2) is 206 Å². The van der Waals surface area contributed by atoms with Crippen molar-refractivity contribution in [1.82, 2.24) is 55.5 Å². The highest BCUT2D eigenvalue weighted by Gasteiger charge is 2.23. The number of amides is 3. The Kier molecular flexibility index (Phi) is 19.0. The number of carboxylic acids is 4. The summed E-state index contributed by atoms with van der Waals surface area (Å²) in [5, 5.41) is 51.5. The molecule has 0 spiro atoms. The Hall–Kier alpha value is -6.83. The fraction of sp³-hybridized carbons (Fsp3) is 0.500. The van der Waals surface area contributed by atoms with E-state index in [2.05, 4.69) is 46.5 Å². The molecule has 63 heavy (non-hydrogen) atoms. The van der Waals surface area contributed by atoms with Gasteiger partial charge in [-0.2, -0.15) is 4.98 Å². The molecule has 342 valence electrons. The number of aliphatic carboxylic acids is 4. The van der Waals surface area contributed by atoms with Crippen molar-refractivity contribution < 1.29 is 54.0 Å². The highest BCUT2D eigenvalue weighted by molar-refractivity contribution is 5.97. The van der Waals surface area contributed by atoms with Gasteiger partial charge in [-0.1, -0.05) is 0 Å². The van der Waals surface area contributed by atoms with Crippen LogP contribution >= 0.6 is 0 Å². The number of carbonyl (C=O) groups is 7. The summed E-state index contributed by atoms with van der Waals surface area (Å²) >= 11 is 0. The molecular formula is C38H53N13O12. The van der Waals surface area contributed by atoms with Crippen molar-refractivity contribution in [3.05, 3.63) is 52.1 Å². The number of carbonyl (C=O) groups excluding carboxylic acids is 3. The van der Waals surface area contributed by atoms with E-state index in [0.29, 0.717) is 11.4 Å². The van der Waals surface area contributed by atoms with Gasteiger partial charge in [-0.25, -0.2) is 14.8 Å². The fourth-order valence-corrected chi connectivity index (χ4v) is 6.40. The maximum absolute atomic E-state index is 12.9. The highest BCUT2D eigenvalue weighted by Crippen LogP contribution is 2.13. The van der Waals surface area contributed by atoms with Gasteiger partial charge in [0.1, 0.15) is 6.04 Å². The lowest BCUT2D eigenvalue weighted by molar-refractivity contribution is -0.140. The molecule has 1 saturated heterocycles. The molecule has 3 amide bonds. The number of aromatic amines is 1. The molecule has 1 unspecified atom stereocenters. The van der Waals surface area contributed by atoms with Gasteiger partial charge in [0.15, 0.2) is 11.2 Å². The molecular weight excluding hydrogens is 830 g/mol. The maximum atomic E-state index is 12.9. The van der Waals surface area contributed by atoms with Crippen LogP contribution in [0.2, 0.25) is 0 Å². The van der Waals surface area contributed by atoms with Crippen molar-refractivity contribution in [1.29, 1.82) is 0 Å². The first-order valence-corrected chi connectivity index (χ1v) is 20.0. The van der Waals surface area contributed by atoms with E-state index in [1.54, 1.807) is 38.8 Å². The largest absolute Gasteiger partial charge is 0.480 e. The summed E-state index contributed by atoms with van der Waals surface area (Å²) in [6, 6.07) is 4.79. The predicted molar refractivity (Wildman–Crippen MR) is 224 cm³/mol. The zero-order chi connectivity index (χ0) is 45.9. The van der Waals surface area contributed by atoms with Crippen molar-refractivity contribution >= 4 is 64.4 Å². The number of aromatic nitrogens is 4. The van der Waals surface area contributed by atoms with Gasteiger partial charge in [-0.15, -0.1) is 0 Å². The van der Waals surface area contributed by atoms with Gasteiger partial charge >= 0.3 is 23.9 Å². The summed E-state index contributed by atoms with van der Waals surface area (Å²) in [5.41, 5.74) is 1.04. The fourth-order valence-electron chi connectivity index (χ4n) is 6.40. The summed E-state index contributed by atoms with van der Waals surface area (Å²) in [6.45, 7) is 1.18. The van der Waals surface area contributed by atoms with Crippen LogP contribution in [0, 0.1) is 0 Å². The molecule has 1 aromatic carbocycles. The lowest BCUT2D eigenvalue weighted by Crippen LogP contribution is -2.50. The minimum atomic E-state index is -1.38. The van der Waals surface area contributed by atoms with Gasteiger partial charge in [0.2, 0.25) is 17.8 Å². The molecule has 0 bridgehead atoms. The molecule has 1 aliphatic rings. The summed E-state index contributed by atoms with van der Waals surface area (Å²) in [6.07, 6.45) is 1.01. The average Bonchev–Trinajstić information content (AvgIpc) is 3.23. The van der Waals surface area contributed by atoms with Gasteiger partial charge in [-0.3, -0.25) is 58.1 Å². The zero-order valence-corrected chi connectivity index (χ0v) is 34.7. The average molecular weight is 884 g/mol. The SMILES string of the molecule is CNc1nc2ncc(CNc3ccc(C(=O)NC(CCC(=O)NCCNC(=O)CN4CCN(CC(=O)O)CCN(CC(=O)O)CCN(CC(=O)O)CC4)C(=O)O)cc3)nc2c(=O)[nH]1. The molecule has 10 N–H and O–H groups in total. The molecule has 0 aliphatic carbocycles. The molecule has 4 rings (SSSR count). The molecule has 3 aromatic rings. The molecule has 1 atom stereocenters. The number of rotatable bonds is 21. The molecule has 2 aromatic heterocycles. The second-order valence-corrected chi connectivity index (χ2v) is 14.5. The van der Waals surface area contributed by atoms with Crippen LogP contribution in [0.3, 0.4) is 0 Å². The molecule has 0 radical (unpaired) electrons. The van der Waals surface area contributed by atoms with Gasteiger partial charge < -0.3 is 47.0 Å². The lowest BCUT2D eigenvalue weighted by Gasteiger charge is -2.32. The topological polar surface area (TPSA) is 345 Å². The third kappa shape index (κ3) is 17.2. The third-order valence-electron chi connectivity index (χ3n) is 9.73. The number of nitrogens with zero attached hydrogens (tertiary/aromatic N) is 7. The van der Waals surface area contributed by atoms with E-state index in [4.69, 9.17) is 0 Å². The van der Waals surface area contributed by atoms with Gasteiger partial charge in [0, 0.05) is 90.2 Å². The first kappa shape index (κ1) is 48.8. The minimum Gasteiger partial charge on any atom is -0.480 e. The Morgan fingerprint density at radius 2 is 1.22 bits per heavy atom. The van der Waals surface area contributed by atoms with E-state index in [9.17, 15) is 58.8 Å². The number of carboxylic acid groups (broad SMARTS) is 4. The smallest absolute Gasteiger partial charge is 0.326 e. The van der Waals surface area contributed by atoms with Gasteiger partial charge in [0.05, 0.1) is 44.6 Å². The summed E-state index contributed by atoms with van der Waals surface area (Å²) in [7, 11) is 1.61. The second-order valence-electron chi connectivity index (χ2n) is 14.5. The van der Waals surface area contributed by atoms with E-state index < -0.39 is 53.2 Å². The Morgan fingerprint density at radius 1 is 0.714 bits per heavy atom. The zero-order valence-electron chi connectivity index (χ0n) is 34.7. The quantitative estimate of drug-likeness (QED) is 0.0478. The Morgan fingerprint density at radius 3 is 1.71 bits per heavy atom. The van der Waals surface area contributed by atoms with Crippen LogP contribution in [0.4, 0.5) is 11.6 Å². The van der Waals surface area contributed by atoms with Crippen molar-refractivity contribution in [2.45, 2.75) is 25.4 Å². The predicted octanol–water partition coefficient (Wildman–Crippen LogP) is -2.96. The highest BCUT2D eigenvalue weighted by atomic mass is 16.4. The number of fused-ring (bicyclic) bond motifs is 1. The Balaban J connectivity index is 1.20. The number of H-pyrrole nitrogens is 1. The summed E-state index contributed by atoms with van der Waals surface area (Å²) in [5.74, 6) is -5.88. The van der Waals surface area contributed by atoms with Crippen LogP contribution in [0.1, 0.15) is 28.9 Å². The van der Waals surface area contributed by atoms with Crippen molar-refractivity contribution in [2.75, 3.05) is 109 Å². The van der Waals surface area contributed by atoms with Crippen LogP contribution < -0.4 is 32.1 Å². The second kappa shape index (κ2) is 24.6. The number of anilines is 2. The van der Waals surface area contributed by atoms with Crippen LogP contribution in [-0.2, 0) is 35.3 Å². The number of benzene rings is 1. The van der Waals surface area contributed by atoms with Crippen LogP contribution in [0.15, 0.2) is 35.3 Å². The molecule has 1 aliphatic heterocycles. The Bertz CT molecular complexity index is 2110. The van der Waals surface area contributed by atoms with Crippen molar-refractivity contribution in [2.24, 2.45) is 0 Å². The van der Waals surface area contributed by atoms with Crippen molar-refractivity contribution in [3.8, 4) is 0 Å². The monoisotopic (exact) mass is 883 g/mol. The summed E-state index contributed by atoms with van der Waals surface area (Å²) < 4.78 is 0. The normalized spacial score (nSPS) is 15.3.